The predicted molar refractivity (Wildman–Crippen MR) is 55.3 cm³/mol. The number of carboxylic acids is 1. The first kappa shape index (κ1) is 11.0. The number of nitrogens with two attached hydrogens (primary N) is 1. The van der Waals surface area contributed by atoms with E-state index in [1.165, 1.54) is 7.11 Å². The summed E-state index contributed by atoms with van der Waals surface area (Å²) < 4.78 is 5.78. The molecule has 0 aliphatic rings. The van der Waals surface area contributed by atoms with E-state index in [9.17, 15) is 4.79 Å². The van der Waals surface area contributed by atoms with Crippen LogP contribution in [0.25, 0.3) is 0 Å². The lowest BCUT2D eigenvalue weighted by Crippen LogP contribution is -2.21. The van der Waals surface area contributed by atoms with Crippen LogP contribution in [0.3, 0.4) is 0 Å². The van der Waals surface area contributed by atoms with Crippen LogP contribution in [0.1, 0.15) is 11.6 Å². The van der Waals surface area contributed by atoms with Crippen LogP contribution in [0.15, 0.2) is 22.7 Å². The number of hydrogen-bond acceptors (Lipinski definition) is 3. The largest absolute Gasteiger partial charge is 0.496 e. The zero-order chi connectivity index (χ0) is 10.7. The van der Waals surface area contributed by atoms with Crippen molar-refractivity contribution in [3.63, 3.8) is 0 Å². The Balaban J connectivity index is 3.16. The smallest absolute Gasteiger partial charge is 0.325 e. The second-order valence-electron chi connectivity index (χ2n) is 2.70. The third-order valence-electron chi connectivity index (χ3n) is 1.79. The molecule has 0 saturated carbocycles. The van der Waals surface area contributed by atoms with E-state index < -0.39 is 12.0 Å². The SMILES string of the molecule is COc1ccc(Br)cc1C(N)C(=O)O. The molecule has 0 saturated heterocycles. The van der Waals surface area contributed by atoms with Crippen molar-refractivity contribution in [2.24, 2.45) is 5.73 Å². The molecule has 1 rings (SSSR count). The van der Waals surface area contributed by atoms with Gasteiger partial charge in [-0.3, -0.25) is 4.79 Å². The van der Waals surface area contributed by atoms with E-state index >= 15 is 0 Å². The Bertz CT molecular complexity index is 354. The van der Waals surface area contributed by atoms with Crippen LogP contribution in [0.4, 0.5) is 0 Å². The Morgan fingerprint density at radius 1 is 1.64 bits per heavy atom. The van der Waals surface area contributed by atoms with Crippen LogP contribution in [-0.4, -0.2) is 18.2 Å². The minimum absolute atomic E-state index is 0.453. The molecule has 1 unspecified atom stereocenters. The molecule has 76 valence electrons. The zero-order valence-corrected chi connectivity index (χ0v) is 9.11. The van der Waals surface area contributed by atoms with E-state index in [0.717, 1.165) is 4.47 Å². The first-order valence-corrected chi connectivity index (χ1v) is 4.67. The number of carbonyl (C=O) groups is 1. The molecular weight excluding hydrogens is 250 g/mol. The molecule has 5 heteroatoms. The molecule has 3 N–H and O–H groups in total. The van der Waals surface area contributed by atoms with E-state index in [1.54, 1.807) is 18.2 Å². The highest BCUT2D eigenvalue weighted by Crippen LogP contribution is 2.27. The molecule has 0 aliphatic carbocycles. The molecule has 1 atom stereocenters. The van der Waals surface area contributed by atoms with Crippen molar-refractivity contribution in [2.75, 3.05) is 7.11 Å². The van der Waals surface area contributed by atoms with Gasteiger partial charge in [0.25, 0.3) is 0 Å². The monoisotopic (exact) mass is 259 g/mol. The number of hydrogen-bond donors (Lipinski definition) is 2. The van der Waals surface area contributed by atoms with Gasteiger partial charge in [-0.25, -0.2) is 0 Å². The van der Waals surface area contributed by atoms with Crippen molar-refractivity contribution in [3.8, 4) is 5.75 Å². The van der Waals surface area contributed by atoms with Gasteiger partial charge in [0.1, 0.15) is 11.8 Å². The summed E-state index contributed by atoms with van der Waals surface area (Å²) in [6, 6.07) is 4.00. The Labute approximate surface area is 89.8 Å². The molecule has 0 heterocycles. The van der Waals surface area contributed by atoms with Gasteiger partial charge < -0.3 is 15.6 Å². The second kappa shape index (κ2) is 4.43. The molecule has 0 fully saturated rings. The van der Waals surface area contributed by atoms with Crippen molar-refractivity contribution in [1.82, 2.24) is 0 Å². The quantitative estimate of drug-likeness (QED) is 0.864. The lowest BCUT2D eigenvalue weighted by Gasteiger charge is -2.12. The third-order valence-corrected chi connectivity index (χ3v) is 2.29. The fraction of sp³-hybridized carbons (Fsp3) is 0.222. The van der Waals surface area contributed by atoms with Crippen molar-refractivity contribution in [1.29, 1.82) is 0 Å². The molecule has 0 amide bonds. The maximum absolute atomic E-state index is 10.7. The summed E-state index contributed by atoms with van der Waals surface area (Å²) in [5.74, 6) is -0.607. The number of rotatable bonds is 3. The molecule has 4 nitrogen and oxygen atoms in total. The Kier molecular flexibility index (Phi) is 3.49. The molecule has 14 heavy (non-hydrogen) atoms. The highest BCUT2D eigenvalue weighted by Gasteiger charge is 2.18. The molecule has 0 radical (unpaired) electrons. The van der Waals surface area contributed by atoms with Gasteiger partial charge >= 0.3 is 5.97 Å². The van der Waals surface area contributed by atoms with Crippen LogP contribution in [0.2, 0.25) is 0 Å². The summed E-state index contributed by atoms with van der Waals surface area (Å²) in [4.78, 5) is 10.7. The van der Waals surface area contributed by atoms with Gasteiger partial charge in [0, 0.05) is 10.0 Å². The number of benzene rings is 1. The summed E-state index contributed by atoms with van der Waals surface area (Å²) in [6.45, 7) is 0. The summed E-state index contributed by atoms with van der Waals surface area (Å²) in [7, 11) is 1.47. The maximum atomic E-state index is 10.7. The van der Waals surface area contributed by atoms with E-state index in [-0.39, 0.29) is 0 Å². The van der Waals surface area contributed by atoms with E-state index in [1.807, 2.05) is 0 Å². The predicted octanol–water partition coefficient (Wildman–Crippen LogP) is 1.54. The average molecular weight is 260 g/mol. The summed E-state index contributed by atoms with van der Waals surface area (Å²) >= 11 is 3.24. The van der Waals surface area contributed by atoms with E-state index in [2.05, 4.69) is 15.9 Å². The molecule has 0 aromatic heterocycles. The maximum Gasteiger partial charge on any atom is 0.325 e. The van der Waals surface area contributed by atoms with Gasteiger partial charge in [0.05, 0.1) is 7.11 Å². The van der Waals surface area contributed by atoms with Gasteiger partial charge in [-0.2, -0.15) is 0 Å². The van der Waals surface area contributed by atoms with Crippen molar-refractivity contribution < 1.29 is 14.6 Å². The summed E-state index contributed by atoms with van der Waals surface area (Å²) in [5, 5.41) is 8.75. The molecule has 0 bridgehead atoms. The number of ether oxygens (including phenoxy) is 1. The molecule has 1 aromatic carbocycles. The van der Waals surface area contributed by atoms with Gasteiger partial charge in [0.15, 0.2) is 0 Å². The molecule has 0 spiro atoms. The first-order chi connectivity index (χ1) is 6.56. The zero-order valence-electron chi connectivity index (χ0n) is 7.53. The van der Waals surface area contributed by atoms with Crippen LogP contribution >= 0.6 is 15.9 Å². The minimum atomic E-state index is -1.08. The van der Waals surface area contributed by atoms with Crippen molar-refractivity contribution in [2.45, 2.75) is 6.04 Å². The van der Waals surface area contributed by atoms with Crippen LogP contribution in [0, 0.1) is 0 Å². The minimum Gasteiger partial charge on any atom is -0.496 e. The molecular formula is C9H10BrNO3. The van der Waals surface area contributed by atoms with Crippen molar-refractivity contribution in [3.05, 3.63) is 28.2 Å². The average Bonchev–Trinajstić information content (AvgIpc) is 2.16. The Hall–Kier alpha value is -1.07. The highest BCUT2D eigenvalue weighted by molar-refractivity contribution is 9.10. The lowest BCUT2D eigenvalue weighted by molar-refractivity contribution is -0.138. The normalized spacial score (nSPS) is 12.2. The van der Waals surface area contributed by atoms with E-state index in [4.69, 9.17) is 15.6 Å². The lowest BCUT2D eigenvalue weighted by atomic mass is 10.1. The van der Waals surface area contributed by atoms with Crippen LogP contribution in [0.5, 0.6) is 5.75 Å². The third kappa shape index (κ3) is 2.24. The van der Waals surface area contributed by atoms with Gasteiger partial charge in [-0.15, -0.1) is 0 Å². The van der Waals surface area contributed by atoms with Gasteiger partial charge in [-0.1, -0.05) is 15.9 Å². The van der Waals surface area contributed by atoms with Crippen LogP contribution < -0.4 is 10.5 Å². The number of carboxylic acid groups (broad SMARTS) is 1. The topological polar surface area (TPSA) is 72.5 Å². The Morgan fingerprint density at radius 3 is 2.79 bits per heavy atom. The molecule has 1 aromatic rings. The summed E-state index contributed by atoms with van der Waals surface area (Å²) in [6.07, 6.45) is 0. The van der Waals surface area contributed by atoms with Crippen LogP contribution in [-0.2, 0) is 4.79 Å². The van der Waals surface area contributed by atoms with Gasteiger partial charge in [-0.05, 0) is 18.2 Å². The second-order valence-corrected chi connectivity index (χ2v) is 3.62. The fourth-order valence-corrected chi connectivity index (χ4v) is 1.46. The number of methoxy groups -OCH3 is 1. The fourth-order valence-electron chi connectivity index (χ4n) is 1.08. The highest BCUT2D eigenvalue weighted by atomic mass is 79.9. The van der Waals surface area contributed by atoms with Crippen molar-refractivity contribution >= 4 is 21.9 Å². The standard InChI is InChI=1S/C9H10BrNO3/c1-14-7-3-2-5(10)4-6(7)8(11)9(12)13/h2-4,8H,11H2,1H3,(H,12,13). The number of aliphatic carboxylic acids is 1. The number of halogens is 1. The van der Waals surface area contributed by atoms with E-state index in [0.29, 0.717) is 11.3 Å². The van der Waals surface area contributed by atoms with Gasteiger partial charge in [0.2, 0.25) is 0 Å². The first-order valence-electron chi connectivity index (χ1n) is 3.88. The Morgan fingerprint density at radius 2 is 2.29 bits per heavy atom. The molecule has 0 aliphatic heterocycles. The summed E-state index contributed by atoms with van der Waals surface area (Å²) in [5.41, 5.74) is 5.94.